The van der Waals surface area contributed by atoms with Gasteiger partial charge in [0.15, 0.2) is 11.0 Å². The Morgan fingerprint density at radius 3 is 2.61 bits per heavy atom. The van der Waals surface area contributed by atoms with E-state index in [-0.39, 0.29) is 24.8 Å². The van der Waals surface area contributed by atoms with Crippen LogP contribution in [-0.4, -0.2) is 45.5 Å². The van der Waals surface area contributed by atoms with Gasteiger partial charge in [0.2, 0.25) is 5.91 Å². The lowest BCUT2D eigenvalue weighted by atomic mass is 10.1. The third-order valence-electron chi connectivity index (χ3n) is 5.79. The van der Waals surface area contributed by atoms with Crippen LogP contribution in [0.25, 0.3) is 0 Å². The number of aromatic nitrogens is 3. The van der Waals surface area contributed by atoms with Gasteiger partial charge in [-0.15, -0.1) is 10.2 Å². The number of carbonyl (C=O) groups is 2. The Labute approximate surface area is 226 Å². The van der Waals surface area contributed by atoms with E-state index in [0.29, 0.717) is 29.8 Å². The van der Waals surface area contributed by atoms with Gasteiger partial charge < -0.3 is 19.4 Å². The Morgan fingerprint density at radius 1 is 1.08 bits per heavy atom. The van der Waals surface area contributed by atoms with E-state index in [1.165, 1.54) is 22.2 Å². The summed E-state index contributed by atoms with van der Waals surface area (Å²) in [7, 11) is 0. The van der Waals surface area contributed by atoms with Crippen molar-refractivity contribution in [2.75, 3.05) is 29.1 Å². The summed E-state index contributed by atoms with van der Waals surface area (Å²) in [6.45, 7) is 6.82. The molecule has 10 heteroatoms. The van der Waals surface area contributed by atoms with Gasteiger partial charge in [0.25, 0.3) is 0 Å². The lowest BCUT2D eigenvalue weighted by molar-refractivity contribution is -0.142. The van der Waals surface area contributed by atoms with Crippen LogP contribution in [0.2, 0.25) is 0 Å². The van der Waals surface area contributed by atoms with Crippen molar-refractivity contribution >= 4 is 35.0 Å². The van der Waals surface area contributed by atoms with Crippen LogP contribution >= 0.6 is 11.8 Å². The Kier molecular flexibility index (Phi) is 9.21. The number of rotatable bonds is 12. The van der Waals surface area contributed by atoms with Gasteiger partial charge in [-0.2, -0.15) is 0 Å². The summed E-state index contributed by atoms with van der Waals surface area (Å²) < 4.78 is 12.6. The maximum atomic E-state index is 13.3. The minimum atomic E-state index is -0.463. The highest BCUT2D eigenvalue weighted by atomic mass is 32.2. The fourth-order valence-electron chi connectivity index (χ4n) is 3.93. The first kappa shape index (κ1) is 27.0. The fourth-order valence-corrected chi connectivity index (χ4v) is 4.76. The number of carbonyl (C=O) groups excluding carboxylic acids is 2. The van der Waals surface area contributed by atoms with E-state index in [0.717, 1.165) is 17.0 Å². The van der Waals surface area contributed by atoms with E-state index in [9.17, 15) is 9.59 Å². The molecule has 4 aromatic rings. The van der Waals surface area contributed by atoms with Crippen molar-refractivity contribution in [3.05, 3.63) is 89.6 Å². The molecular weight excluding hydrogens is 502 g/mol. The largest absolute Gasteiger partial charge is 0.467 e. The number of nitrogens with zero attached hydrogens (tertiary/aromatic N) is 4. The molecule has 0 aliphatic rings. The van der Waals surface area contributed by atoms with Crippen molar-refractivity contribution in [1.29, 1.82) is 0 Å². The van der Waals surface area contributed by atoms with Crippen molar-refractivity contribution < 1.29 is 18.7 Å². The highest BCUT2D eigenvalue weighted by Gasteiger charge is 2.22. The van der Waals surface area contributed by atoms with E-state index >= 15 is 0 Å². The first-order valence-corrected chi connectivity index (χ1v) is 13.3. The van der Waals surface area contributed by atoms with Crippen LogP contribution in [-0.2, 0) is 27.4 Å². The van der Waals surface area contributed by atoms with Crippen molar-refractivity contribution in [2.45, 2.75) is 39.0 Å². The zero-order valence-electron chi connectivity index (χ0n) is 21.7. The van der Waals surface area contributed by atoms with Gasteiger partial charge >= 0.3 is 5.97 Å². The second-order valence-corrected chi connectivity index (χ2v) is 9.59. The Hall–Kier alpha value is -4.05. The minimum Gasteiger partial charge on any atom is -0.467 e. The third-order valence-corrected chi connectivity index (χ3v) is 6.74. The molecule has 0 aliphatic carbocycles. The zero-order valence-corrected chi connectivity index (χ0v) is 22.5. The average Bonchev–Trinajstić information content (AvgIpc) is 3.56. The molecule has 0 saturated heterocycles. The number of para-hydroxylation sites is 1. The van der Waals surface area contributed by atoms with E-state index in [4.69, 9.17) is 9.15 Å². The molecule has 0 radical (unpaired) electrons. The Bertz CT molecular complexity index is 1360. The number of thioether (sulfide) groups is 1. The predicted molar refractivity (Wildman–Crippen MR) is 147 cm³/mol. The molecule has 9 nitrogen and oxygen atoms in total. The molecule has 0 atom stereocenters. The summed E-state index contributed by atoms with van der Waals surface area (Å²) in [5.74, 6) is 0.823. The summed E-state index contributed by atoms with van der Waals surface area (Å²) in [5.41, 5.74) is 3.99. The first-order chi connectivity index (χ1) is 18.4. The highest BCUT2D eigenvalue weighted by molar-refractivity contribution is 7.99. The Balaban J connectivity index is 1.51. The highest BCUT2D eigenvalue weighted by Crippen LogP contribution is 2.23. The number of nitrogens with one attached hydrogen (secondary N) is 1. The van der Waals surface area contributed by atoms with Crippen LogP contribution in [0.5, 0.6) is 0 Å². The monoisotopic (exact) mass is 533 g/mol. The number of hydrogen-bond acceptors (Lipinski definition) is 8. The second kappa shape index (κ2) is 13.0. The van der Waals surface area contributed by atoms with E-state index in [1.807, 2.05) is 41.0 Å². The smallest absolute Gasteiger partial charge is 0.326 e. The van der Waals surface area contributed by atoms with Crippen LogP contribution in [0, 0.1) is 13.8 Å². The number of esters is 1. The molecule has 2 heterocycles. The van der Waals surface area contributed by atoms with Crippen LogP contribution in [0.15, 0.2) is 76.5 Å². The lowest BCUT2D eigenvalue weighted by Crippen LogP contribution is -2.37. The molecule has 0 unspecified atom stereocenters. The molecule has 0 spiro atoms. The summed E-state index contributed by atoms with van der Waals surface area (Å²) in [6, 6.07) is 19.0. The molecule has 4 rings (SSSR count). The van der Waals surface area contributed by atoms with Gasteiger partial charge in [-0.1, -0.05) is 47.7 Å². The van der Waals surface area contributed by atoms with Gasteiger partial charge in [-0.25, -0.2) is 0 Å². The first-order valence-electron chi connectivity index (χ1n) is 12.3. The summed E-state index contributed by atoms with van der Waals surface area (Å²) >= 11 is 1.26. The molecule has 0 bridgehead atoms. The van der Waals surface area contributed by atoms with E-state index in [2.05, 4.69) is 41.5 Å². The average molecular weight is 534 g/mol. The number of hydrogen-bond donors (Lipinski definition) is 1. The number of anilines is 2. The molecule has 2 aromatic carbocycles. The number of ether oxygens (including phenoxy) is 1. The summed E-state index contributed by atoms with van der Waals surface area (Å²) in [4.78, 5) is 26.9. The molecule has 0 fully saturated rings. The van der Waals surface area contributed by atoms with Gasteiger partial charge in [0.05, 0.1) is 31.7 Å². The summed E-state index contributed by atoms with van der Waals surface area (Å²) in [5, 5.41) is 12.8. The SMILES string of the molecule is CCOC(=O)CN(C(=O)CSc1nnc(CNc2ccc(C)cc2C)n1Cc1ccco1)c1ccccc1. The molecule has 0 saturated carbocycles. The van der Waals surface area contributed by atoms with Gasteiger partial charge in [0, 0.05) is 11.4 Å². The van der Waals surface area contributed by atoms with Crippen molar-refractivity contribution in [2.24, 2.45) is 0 Å². The Morgan fingerprint density at radius 2 is 1.89 bits per heavy atom. The summed E-state index contributed by atoms with van der Waals surface area (Å²) in [6.07, 6.45) is 1.62. The van der Waals surface area contributed by atoms with Gasteiger partial charge in [-0.05, 0) is 56.7 Å². The van der Waals surface area contributed by atoms with E-state index in [1.54, 1.807) is 25.3 Å². The molecule has 2 aromatic heterocycles. The molecule has 1 amide bonds. The van der Waals surface area contributed by atoms with Gasteiger partial charge in [0.1, 0.15) is 12.3 Å². The topological polar surface area (TPSA) is 102 Å². The standard InChI is InChI=1S/C28H31N5O4S/c1-4-36-27(35)18-32(22-9-6-5-7-10-22)26(34)19-38-28-31-30-25(33(28)17-23-11-8-14-37-23)16-29-24-13-12-20(2)15-21(24)3/h5-15,29H,4,16-19H2,1-3H3. The normalized spacial score (nSPS) is 10.8. The number of benzene rings is 2. The minimum absolute atomic E-state index is 0.0646. The van der Waals surface area contributed by atoms with Crippen LogP contribution in [0.4, 0.5) is 11.4 Å². The van der Waals surface area contributed by atoms with Crippen molar-refractivity contribution in [3.63, 3.8) is 0 Å². The molecular formula is C28H31N5O4S. The third kappa shape index (κ3) is 7.04. The van der Waals surface area contributed by atoms with Crippen molar-refractivity contribution in [1.82, 2.24) is 14.8 Å². The lowest BCUT2D eigenvalue weighted by Gasteiger charge is -2.21. The molecule has 0 aliphatic heterocycles. The molecule has 198 valence electrons. The fraction of sp³-hybridized carbons (Fsp3) is 0.286. The number of furan rings is 1. The van der Waals surface area contributed by atoms with E-state index < -0.39 is 5.97 Å². The molecule has 38 heavy (non-hydrogen) atoms. The number of amides is 1. The number of aryl methyl sites for hydroxylation is 2. The molecule has 1 N–H and O–H groups in total. The van der Waals surface area contributed by atoms with Gasteiger partial charge in [-0.3, -0.25) is 14.2 Å². The maximum absolute atomic E-state index is 13.3. The maximum Gasteiger partial charge on any atom is 0.326 e. The van der Waals surface area contributed by atoms with Crippen LogP contribution < -0.4 is 10.2 Å². The zero-order chi connectivity index (χ0) is 26.9. The van der Waals surface area contributed by atoms with Crippen LogP contribution in [0.1, 0.15) is 29.6 Å². The predicted octanol–water partition coefficient (Wildman–Crippen LogP) is 4.84. The second-order valence-electron chi connectivity index (χ2n) is 8.65. The van der Waals surface area contributed by atoms with Crippen LogP contribution in [0.3, 0.4) is 0 Å². The quantitative estimate of drug-likeness (QED) is 0.204. The van der Waals surface area contributed by atoms with Crippen molar-refractivity contribution in [3.8, 4) is 0 Å².